The second kappa shape index (κ2) is 10.2. The average Bonchev–Trinajstić information content (AvgIpc) is 3.73. The summed E-state index contributed by atoms with van der Waals surface area (Å²) in [5.74, 6) is 1.92. The third-order valence-corrected chi connectivity index (χ3v) is 6.91. The van der Waals surface area contributed by atoms with Crippen LogP contribution in [-0.2, 0) is 22.4 Å². The number of rotatable bonds is 10. The molecule has 3 aromatic carbocycles. The molecule has 1 aliphatic rings. The van der Waals surface area contributed by atoms with E-state index < -0.39 is 5.41 Å². The standard InChI is InChI=1S/C30H27FN2O5/c1-18-32-17-23-24(33-18)16-25(36-2)29(37-3)28(23)38-22-10-6-20(7-11-22)15-27(35)30(12-13-30)26(34)14-19-4-8-21(31)9-5-19/h4-11,16-17H,12-15H2,1-3H3. The highest BCUT2D eigenvalue weighted by Gasteiger charge is 2.54. The molecule has 0 bridgehead atoms. The topological polar surface area (TPSA) is 87.6 Å². The molecule has 0 N–H and O–H groups in total. The van der Waals surface area contributed by atoms with Crippen LogP contribution in [0.4, 0.5) is 4.39 Å². The van der Waals surface area contributed by atoms with Crippen molar-refractivity contribution in [3.63, 3.8) is 0 Å². The lowest BCUT2D eigenvalue weighted by Gasteiger charge is -2.16. The van der Waals surface area contributed by atoms with Gasteiger partial charge in [-0.05, 0) is 55.2 Å². The Morgan fingerprint density at radius 1 is 0.895 bits per heavy atom. The molecule has 5 rings (SSSR count). The summed E-state index contributed by atoms with van der Waals surface area (Å²) in [6, 6.07) is 14.7. The predicted octanol–water partition coefficient (Wildman–Crippen LogP) is 5.59. The zero-order chi connectivity index (χ0) is 26.9. The molecular formula is C30H27FN2O5. The molecule has 38 heavy (non-hydrogen) atoms. The molecule has 0 spiro atoms. The van der Waals surface area contributed by atoms with Crippen molar-refractivity contribution in [3.8, 4) is 23.0 Å². The lowest BCUT2D eigenvalue weighted by Crippen LogP contribution is -2.28. The number of hydrogen-bond acceptors (Lipinski definition) is 7. The van der Waals surface area contributed by atoms with E-state index in [4.69, 9.17) is 14.2 Å². The summed E-state index contributed by atoms with van der Waals surface area (Å²) in [7, 11) is 3.08. The van der Waals surface area contributed by atoms with Crippen LogP contribution in [0.15, 0.2) is 60.8 Å². The Hall–Kier alpha value is -4.33. The Bertz CT molecular complexity index is 1510. The van der Waals surface area contributed by atoms with Crippen LogP contribution in [0, 0.1) is 18.2 Å². The van der Waals surface area contributed by atoms with E-state index in [1.54, 1.807) is 50.6 Å². The van der Waals surface area contributed by atoms with Gasteiger partial charge in [0.25, 0.3) is 0 Å². The molecule has 1 heterocycles. The first-order valence-corrected chi connectivity index (χ1v) is 12.3. The number of ether oxygens (including phenoxy) is 3. The Labute approximate surface area is 219 Å². The molecule has 194 valence electrons. The van der Waals surface area contributed by atoms with Gasteiger partial charge in [-0.15, -0.1) is 0 Å². The number of carbonyl (C=O) groups is 2. The number of Topliss-reactive ketones (excluding diaryl/α,β-unsaturated/α-hetero) is 2. The van der Waals surface area contributed by atoms with Crippen molar-refractivity contribution < 1.29 is 28.2 Å². The largest absolute Gasteiger partial charge is 0.493 e. The van der Waals surface area contributed by atoms with E-state index in [9.17, 15) is 14.0 Å². The third kappa shape index (κ3) is 4.94. The van der Waals surface area contributed by atoms with Gasteiger partial charge in [-0.25, -0.2) is 14.4 Å². The molecular weight excluding hydrogens is 487 g/mol. The fourth-order valence-electron chi connectivity index (χ4n) is 4.59. The van der Waals surface area contributed by atoms with Crippen LogP contribution < -0.4 is 14.2 Å². The molecule has 1 aliphatic carbocycles. The van der Waals surface area contributed by atoms with E-state index in [0.29, 0.717) is 58.1 Å². The molecule has 7 nitrogen and oxygen atoms in total. The summed E-state index contributed by atoms with van der Waals surface area (Å²) in [5, 5.41) is 0.669. The minimum atomic E-state index is -0.936. The average molecular weight is 515 g/mol. The van der Waals surface area contributed by atoms with Gasteiger partial charge < -0.3 is 14.2 Å². The number of benzene rings is 3. The van der Waals surface area contributed by atoms with Crippen molar-refractivity contribution in [2.45, 2.75) is 32.6 Å². The second-order valence-corrected chi connectivity index (χ2v) is 9.45. The maximum atomic E-state index is 13.2. The first kappa shape index (κ1) is 25.3. The molecule has 8 heteroatoms. The van der Waals surface area contributed by atoms with Crippen molar-refractivity contribution in [1.29, 1.82) is 0 Å². The van der Waals surface area contributed by atoms with E-state index >= 15 is 0 Å². The van der Waals surface area contributed by atoms with Crippen LogP contribution in [0.1, 0.15) is 29.8 Å². The summed E-state index contributed by atoms with van der Waals surface area (Å²) in [6.45, 7) is 1.80. The zero-order valence-electron chi connectivity index (χ0n) is 21.4. The first-order valence-electron chi connectivity index (χ1n) is 12.3. The molecule has 4 aromatic rings. The van der Waals surface area contributed by atoms with E-state index in [-0.39, 0.29) is 30.2 Å². The van der Waals surface area contributed by atoms with Crippen molar-refractivity contribution in [3.05, 3.63) is 83.6 Å². The van der Waals surface area contributed by atoms with E-state index in [0.717, 1.165) is 5.56 Å². The van der Waals surface area contributed by atoms with E-state index in [1.165, 1.54) is 19.2 Å². The first-order chi connectivity index (χ1) is 18.3. The van der Waals surface area contributed by atoms with Crippen LogP contribution in [0.5, 0.6) is 23.0 Å². The summed E-state index contributed by atoms with van der Waals surface area (Å²) < 4.78 is 30.4. The monoisotopic (exact) mass is 514 g/mol. The maximum Gasteiger partial charge on any atom is 0.204 e. The van der Waals surface area contributed by atoms with Gasteiger partial charge in [0.1, 0.15) is 17.4 Å². The highest BCUT2D eigenvalue weighted by atomic mass is 19.1. The lowest BCUT2D eigenvalue weighted by atomic mass is 9.88. The van der Waals surface area contributed by atoms with E-state index in [1.807, 2.05) is 12.1 Å². The van der Waals surface area contributed by atoms with Crippen LogP contribution in [0.2, 0.25) is 0 Å². The summed E-state index contributed by atoms with van der Waals surface area (Å²) in [6.07, 6.45) is 3.06. The van der Waals surface area contributed by atoms with Crippen LogP contribution in [0.25, 0.3) is 10.9 Å². The van der Waals surface area contributed by atoms with Gasteiger partial charge in [-0.2, -0.15) is 0 Å². The predicted molar refractivity (Wildman–Crippen MR) is 139 cm³/mol. The minimum Gasteiger partial charge on any atom is -0.493 e. The van der Waals surface area contributed by atoms with Gasteiger partial charge in [0.05, 0.1) is 30.5 Å². The molecule has 0 atom stereocenters. The number of aromatic nitrogens is 2. The van der Waals surface area contributed by atoms with E-state index in [2.05, 4.69) is 9.97 Å². The molecule has 1 aromatic heterocycles. The van der Waals surface area contributed by atoms with Crippen LogP contribution in [0.3, 0.4) is 0 Å². The fraction of sp³-hybridized carbons (Fsp3) is 0.267. The number of halogens is 1. The highest BCUT2D eigenvalue weighted by molar-refractivity contribution is 6.10. The number of fused-ring (bicyclic) bond motifs is 1. The van der Waals surface area contributed by atoms with Crippen molar-refractivity contribution in [1.82, 2.24) is 9.97 Å². The van der Waals surface area contributed by atoms with Crippen LogP contribution >= 0.6 is 0 Å². The summed E-state index contributed by atoms with van der Waals surface area (Å²) in [4.78, 5) is 34.8. The summed E-state index contributed by atoms with van der Waals surface area (Å²) in [5.41, 5.74) is 1.21. The highest BCUT2D eigenvalue weighted by Crippen LogP contribution is 2.49. The molecule has 0 radical (unpaired) electrons. The Balaban J connectivity index is 1.32. The van der Waals surface area contributed by atoms with Crippen molar-refractivity contribution in [2.24, 2.45) is 5.41 Å². The molecule has 0 amide bonds. The van der Waals surface area contributed by atoms with Gasteiger partial charge >= 0.3 is 0 Å². The SMILES string of the molecule is COc1cc2nc(C)ncc2c(Oc2ccc(CC(=O)C3(C(=O)Cc4ccc(F)cc4)CC3)cc2)c1OC. The number of aryl methyl sites for hydroxylation is 1. The molecule has 0 unspecified atom stereocenters. The lowest BCUT2D eigenvalue weighted by molar-refractivity contribution is -0.133. The van der Waals surface area contributed by atoms with Gasteiger partial charge in [0.15, 0.2) is 23.1 Å². The Kier molecular flexibility index (Phi) is 6.80. The van der Waals surface area contributed by atoms with Gasteiger partial charge in [-0.1, -0.05) is 24.3 Å². The molecule has 1 fully saturated rings. The van der Waals surface area contributed by atoms with Crippen molar-refractivity contribution in [2.75, 3.05) is 14.2 Å². The number of hydrogen-bond donors (Lipinski definition) is 0. The smallest absolute Gasteiger partial charge is 0.204 e. The zero-order valence-corrected chi connectivity index (χ0v) is 21.4. The molecule has 0 aliphatic heterocycles. The minimum absolute atomic E-state index is 0.0914. The maximum absolute atomic E-state index is 13.2. The number of carbonyl (C=O) groups excluding carboxylic acids is 2. The van der Waals surface area contributed by atoms with Gasteiger partial charge in [0.2, 0.25) is 5.75 Å². The van der Waals surface area contributed by atoms with Gasteiger partial charge in [-0.3, -0.25) is 9.59 Å². The quantitative estimate of drug-likeness (QED) is 0.255. The number of methoxy groups -OCH3 is 2. The third-order valence-electron chi connectivity index (χ3n) is 6.91. The summed E-state index contributed by atoms with van der Waals surface area (Å²) >= 11 is 0. The second-order valence-electron chi connectivity index (χ2n) is 9.45. The normalized spacial score (nSPS) is 13.7. The fourth-order valence-corrected chi connectivity index (χ4v) is 4.59. The number of ketones is 2. The molecule has 0 saturated heterocycles. The molecule has 1 saturated carbocycles. The number of nitrogens with zero attached hydrogens (tertiary/aromatic N) is 2. The van der Waals surface area contributed by atoms with Gasteiger partial charge in [0, 0.05) is 25.1 Å². The van der Waals surface area contributed by atoms with Crippen molar-refractivity contribution >= 4 is 22.5 Å². The Morgan fingerprint density at radius 3 is 2.05 bits per heavy atom. The Morgan fingerprint density at radius 2 is 1.50 bits per heavy atom. The van der Waals surface area contributed by atoms with Crippen LogP contribution in [-0.4, -0.2) is 35.8 Å².